The number of halogens is 5. The summed E-state index contributed by atoms with van der Waals surface area (Å²) in [6, 6.07) is 11.7. The van der Waals surface area contributed by atoms with Gasteiger partial charge in [-0.3, -0.25) is 4.79 Å². The maximum absolute atomic E-state index is 13.5. The van der Waals surface area contributed by atoms with E-state index < -0.39 is 34.0 Å². The van der Waals surface area contributed by atoms with Gasteiger partial charge in [0, 0.05) is 28.1 Å². The molecule has 214 valence electrons. The number of carbonyl (C=O) groups excluding carboxylic acids is 2. The van der Waals surface area contributed by atoms with E-state index in [0.29, 0.717) is 29.8 Å². The van der Waals surface area contributed by atoms with Crippen molar-refractivity contribution in [3.05, 3.63) is 62.5 Å². The smallest absolute Gasteiger partial charge is 0.445 e. The summed E-state index contributed by atoms with van der Waals surface area (Å²) in [5.74, 6) is -2.45. The monoisotopic (exact) mass is 697 g/mol. The number of sulfonamides is 1. The second-order valence-corrected chi connectivity index (χ2v) is 12.6. The first-order valence-corrected chi connectivity index (χ1v) is 15.3. The third-order valence-electron chi connectivity index (χ3n) is 6.24. The van der Waals surface area contributed by atoms with Gasteiger partial charge in [-0.05, 0) is 87.9 Å². The zero-order chi connectivity index (χ0) is 28.8. The lowest BCUT2D eigenvalue weighted by molar-refractivity contribution is -0.170. The molecule has 2 aromatic carbocycles. The molecule has 1 N–H and O–H groups in total. The molecule has 0 aliphatic carbocycles. The minimum atomic E-state index is -5.13. The molecular weight excluding hydrogens is 671 g/mol. The topological polar surface area (TPSA) is 96.0 Å². The second-order valence-electron chi connectivity index (χ2n) is 9.00. The van der Waals surface area contributed by atoms with Crippen molar-refractivity contribution < 1.29 is 35.9 Å². The number of rotatable bonds is 10. The summed E-state index contributed by atoms with van der Waals surface area (Å²) in [6.45, 7) is 0.328. The summed E-state index contributed by atoms with van der Waals surface area (Å²) in [7, 11) is -2.37. The summed E-state index contributed by atoms with van der Waals surface area (Å²) in [5.41, 5.74) is 1.09. The van der Waals surface area contributed by atoms with E-state index in [9.17, 15) is 31.2 Å². The molecule has 2 amide bonds. The van der Waals surface area contributed by atoms with E-state index in [1.54, 1.807) is 4.90 Å². The molecule has 1 heterocycles. The number of nitrogens with zero attached hydrogens (tertiary/aromatic N) is 2. The lowest BCUT2D eigenvalue weighted by Gasteiger charge is -2.28. The van der Waals surface area contributed by atoms with Gasteiger partial charge in [0.25, 0.3) is 0 Å². The van der Waals surface area contributed by atoms with Crippen molar-refractivity contribution in [1.29, 1.82) is 0 Å². The number of hydrogen-bond donors (Lipinski definition) is 1. The first-order valence-electron chi connectivity index (χ1n) is 12.1. The number of hydrogen-bond acceptors (Lipinski definition) is 5. The van der Waals surface area contributed by atoms with Gasteiger partial charge in [0.1, 0.15) is 6.61 Å². The van der Waals surface area contributed by atoms with Gasteiger partial charge in [0.05, 0.1) is 11.4 Å². The highest BCUT2D eigenvalue weighted by molar-refractivity contribution is 9.11. The molecule has 14 heteroatoms. The lowest BCUT2D eigenvalue weighted by Crippen LogP contribution is -2.43. The molecule has 0 spiro atoms. The molecule has 1 aliphatic rings. The Labute approximate surface area is 242 Å². The number of ether oxygens (including phenoxy) is 1. The Hall–Kier alpha value is -2.16. The molecule has 3 rings (SSSR count). The fourth-order valence-corrected chi connectivity index (χ4v) is 6.84. The predicted octanol–water partition coefficient (Wildman–Crippen LogP) is 5.74. The number of amides is 2. The number of benzene rings is 2. The van der Waals surface area contributed by atoms with E-state index in [4.69, 9.17) is 4.74 Å². The van der Waals surface area contributed by atoms with Crippen LogP contribution in [-0.2, 0) is 31.9 Å². The fraction of sp³-hybridized carbons (Fsp3) is 0.440. The van der Waals surface area contributed by atoms with Crippen LogP contribution in [0.3, 0.4) is 0 Å². The van der Waals surface area contributed by atoms with Gasteiger partial charge in [-0.15, -0.1) is 0 Å². The SMILES string of the molecule is CNS(=O)(=O)Cc1cc(Br)c(N(CCC[C@@H]2CCCN2C(=O)OCc2ccccc2)C(=O)C(F)(F)F)c(Br)c1. The minimum Gasteiger partial charge on any atom is -0.445 e. The van der Waals surface area contributed by atoms with Crippen LogP contribution in [0.25, 0.3) is 0 Å². The number of anilines is 1. The van der Waals surface area contributed by atoms with Crippen LogP contribution >= 0.6 is 31.9 Å². The van der Waals surface area contributed by atoms with Gasteiger partial charge in [-0.2, -0.15) is 13.2 Å². The summed E-state index contributed by atoms with van der Waals surface area (Å²) >= 11 is 6.42. The van der Waals surface area contributed by atoms with Gasteiger partial charge < -0.3 is 14.5 Å². The van der Waals surface area contributed by atoms with E-state index >= 15 is 0 Å². The molecule has 0 aromatic heterocycles. The van der Waals surface area contributed by atoms with Crippen LogP contribution in [-0.4, -0.2) is 57.7 Å². The van der Waals surface area contributed by atoms with Crippen LogP contribution in [0.5, 0.6) is 0 Å². The summed E-state index contributed by atoms with van der Waals surface area (Å²) in [5, 5.41) is 0. The van der Waals surface area contributed by atoms with Crippen molar-refractivity contribution in [2.45, 2.75) is 50.3 Å². The molecule has 2 aromatic rings. The minimum absolute atomic E-state index is 0.0616. The van der Waals surface area contributed by atoms with Crippen LogP contribution < -0.4 is 9.62 Å². The first kappa shape index (κ1) is 31.4. The zero-order valence-electron chi connectivity index (χ0n) is 21.0. The quantitative estimate of drug-likeness (QED) is 0.342. The van der Waals surface area contributed by atoms with Crippen LogP contribution in [0, 0.1) is 0 Å². The van der Waals surface area contributed by atoms with Crippen LogP contribution in [0.1, 0.15) is 36.8 Å². The predicted molar refractivity (Wildman–Crippen MR) is 148 cm³/mol. The molecule has 1 fully saturated rings. The Morgan fingerprint density at radius 3 is 2.36 bits per heavy atom. The van der Waals surface area contributed by atoms with Crippen molar-refractivity contribution in [1.82, 2.24) is 9.62 Å². The Morgan fingerprint density at radius 2 is 1.77 bits per heavy atom. The zero-order valence-corrected chi connectivity index (χ0v) is 25.0. The van der Waals surface area contributed by atoms with Crippen molar-refractivity contribution >= 4 is 59.6 Å². The van der Waals surface area contributed by atoms with Crippen molar-refractivity contribution in [3.8, 4) is 0 Å². The molecule has 1 atom stereocenters. The van der Waals surface area contributed by atoms with Crippen molar-refractivity contribution in [2.24, 2.45) is 0 Å². The lowest BCUT2D eigenvalue weighted by atomic mass is 10.1. The summed E-state index contributed by atoms with van der Waals surface area (Å²) in [6.07, 6.45) is -3.64. The van der Waals surface area contributed by atoms with Gasteiger partial charge in [-0.1, -0.05) is 30.3 Å². The molecule has 0 unspecified atom stereocenters. The van der Waals surface area contributed by atoms with Crippen LogP contribution in [0.4, 0.5) is 23.7 Å². The first-order chi connectivity index (χ1) is 18.3. The van der Waals surface area contributed by atoms with E-state index in [2.05, 4.69) is 36.6 Å². The molecule has 0 bridgehead atoms. The second kappa shape index (κ2) is 13.5. The van der Waals surface area contributed by atoms with Gasteiger partial charge in [0.15, 0.2) is 0 Å². The Kier molecular flexibility index (Phi) is 10.8. The molecule has 0 radical (unpaired) electrons. The summed E-state index contributed by atoms with van der Waals surface area (Å²) < 4.78 is 72.3. The fourth-order valence-electron chi connectivity index (χ4n) is 4.38. The number of nitrogens with one attached hydrogen (secondary N) is 1. The Balaban J connectivity index is 1.71. The highest BCUT2D eigenvalue weighted by atomic mass is 79.9. The third-order valence-corrected chi connectivity index (χ3v) is 8.78. The van der Waals surface area contributed by atoms with Crippen LogP contribution in [0.15, 0.2) is 51.4 Å². The standard InChI is InChI=1S/C25H28Br2F3N3O5S/c1-31-39(36,37)16-18-13-20(26)22(21(27)14-18)33(23(34)25(28,29)30)12-6-10-19-9-5-11-32(19)24(35)38-15-17-7-3-2-4-8-17/h2-4,7-8,13-14,19,31H,5-6,9-12,15-16H2,1H3/t19-/m0/s1. The average Bonchev–Trinajstić information content (AvgIpc) is 3.34. The average molecular weight is 699 g/mol. The van der Waals surface area contributed by atoms with Gasteiger partial charge >= 0.3 is 18.2 Å². The number of alkyl halides is 3. The molecule has 1 saturated heterocycles. The van der Waals surface area contributed by atoms with Crippen molar-refractivity contribution in [3.63, 3.8) is 0 Å². The third kappa shape index (κ3) is 8.66. The van der Waals surface area contributed by atoms with E-state index in [-0.39, 0.29) is 40.2 Å². The van der Waals surface area contributed by atoms with Gasteiger partial charge in [-0.25, -0.2) is 17.9 Å². The Morgan fingerprint density at radius 1 is 1.13 bits per heavy atom. The largest absolute Gasteiger partial charge is 0.471 e. The molecular formula is C25H28Br2F3N3O5S. The Bertz CT molecular complexity index is 1260. The molecule has 39 heavy (non-hydrogen) atoms. The van der Waals surface area contributed by atoms with Gasteiger partial charge in [0.2, 0.25) is 10.0 Å². The highest BCUT2D eigenvalue weighted by Gasteiger charge is 2.44. The van der Waals surface area contributed by atoms with E-state index in [1.807, 2.05) is 30.3 Å². The van der Waals surface area contributed by atoms with E-state index in [0.717, 1.165) is 12.0 Å². The van der Waals surface area contributed by atoms with Crippen molar-refractivity contribution in [2.75, 3.05) is 25.0 Å². The maximum atomic E-state index is 13.5. The maximum Gasteiger partial charge on any atom is 0.471 e. The number of likely N-dealkylation sites (tertiary alicyclic amines) is 1. The van der Waals surface area contributed by atoms with Crippen LogP contribution in [0.2, 0.25) is 0 Å². The normalized spacial score (nSPS) is 15.8. The number of carbonyl (C=O) groups is 2. The molecule has 1 aliphatic heterocycles. The van der Waals surface area contributed by atoms with E-state index in [1.165, 1.54) is 19.2 Å². The summed E-state index contributed by atoms with van der Waals surface area (Å²) in [4.78, 5) is 27.3. The highest BCUT2D eigenvalue weighted by Crippen LogP contribution is 2.38. The molecule has 8 nitrogen and oxygen atoms in total. The molecule has 0 saturated carbocycles.